The van der Waals surface area contributed by atoms with Crippen molar-refractivity contribution in [2.75, 3.05) is 11.9 Å². The molecule has 0 spiro atoms. The summed E-state index contributed by atoms with van der Waals surface area (Å²) in [5, 5.41) is 2.95. The molecule has 1 amide bonds. The fraction of sp³-hybridized carbons (Fsp3) is 0.500. The number of ether oxygens (including phenoxy) is 1. The van der Waals surface area contributed by atoms with Gasteiger partial charge in [0.2, 0.25) is 0 Å². The van der Waals surface area contributed by atoms with Crippen LogP contribution in [-0.4, -0.2) is 12.5 Å². The topological polar surface area (TPSA) is 38.3 Å². The molecule has 3 nitrogen and oxygen atoms in total. The number of benzene rings is 2. The van der Waals surface area contributed by atoms with Crippen LogP contribution in [0.15, 0.2) is 36.4 Å². The second kappa shape index (κ2) is 9.02. The highest BCUT2D eigenvalue weighted by molar-refractivity contribution is 5.92. The number of carbonyl (C=O) groups excluding carboxylic acids is 1. The molecule has 0 atom stereocenters. The molecule has 3 heteroatoms. The SMILES string of the molecule is Cc1ccc(NC(=O)COc2ccc(CC(C)(C)C)cc2CC(C)(C)C)c(C)c1. The van der Waals surface area contributed by atoms with Crippen LogP contribution in [0.25, 0.3) is 0 Å². The van der Waals surface area contributed by atoms with Gasteiger partial charge in [0.1, 0.15) is 5.75 Å². The average Bonchev–Trinajstić information content (AvgIpc) is 2.54. The van der Waals surface area contributed by atoms with E-state index in [1.165, 1.54) is 16.7 Å². The molecule has 0 unspecified atom stereocenters. The Morgan fingerprint density at radius 1 is 0.897 bits per heavy atom. The quantitative estimate of drug-likeness (QED) is 0.606. The Balaban J connectivity index is 2.12. The predicted molar refractivity (Wildman–Crippen MR) is 123 cm³/mol. The smallest absolute Gasteiger partial charge is 0.262 e. The highest BCUT2D eigenvalue weighted by Gasteiger charge is 2.18. The van der Waals surface area contributed by atoms with E-state index in [0.29, 0.717) is 0 Å². The number of amides is 1. The van der Waals surface area contributed by atoms with Crippen LogP contribution < -0.4 is 10.1 Å². The molecular formula is C26H37NO2. The number of hydrogen-bond donors (Lipinski definition) is 1. The third kappa shape index (κ3) is 7.92. The Hall–Kier alpha value is -2.29. The summed E-state index contributed by atoms with van der Waals surface area (Å²) in [7, 11) is 0. The second-order valence-corrected chi connectivity index (χ2v) is 10.6. The normalized spacial score (nSPS) is 12.0. The van der Waals surface area contributed by atoms with Crippen LogP contribution in [-0.2, 0) is 17.6 Å². The van der Waals surface area contributed by atoms with E-state index in [2.05, 4.69) is 65.1 Å². The molecule has 158 valence electrons. The van der Waals surface area contributed by atoms with Crippen molar-refractivity contribution >= 4 is 11.6 Å². The summed E-state index contributed by atoms with van der Waals surface area (Å²) in [6.45, 7) is 17.5. The van der Waals surface area contributed by atoms with Crippen LogP contribution in [0, 0.1) is 24.7 Å². The molecule has 1 N–H and O–H groups in total. The van der Waals surface area contributed by atoms with E-state index in [0.717, 1.165) is 29.8 Å². The molecule has 0 saturated carbocycles. The van der Waals surface area contributed by atoms with Gasteiger partial charge in [-0.25, -0.2) is 0 Å². The van der Waals surface area contributed by atoms with Crippen molar-refractivity contribution in [3.63, 3.8) is 0 Å². The molecule has 0 radical (unpaired) electrons. The molecule has 0 heterocycles. The van der Waals surface area contributed by atoms with E-state index >= 15 is 0 Å². The van der Waals surface area contributed by atoms with Crippen molar-refractivity contribution in [1.29, 1.82) is 0 Å². The summed E-state index contributed by atoms with van der Waals surface area (Å²) in [5.41, 5.74) is 5.91. The van der Waals surface area contributed by atoms with Gasteiger partial charge in [-0.15, -0.1) is 0 Å². The van der Waals surface area contributed by atoms with Crippen molar-refractivity contribution in [3.05, 3.63) is 58.7 Å². The monoisotopic (exact) mass is 395 g/mol. The van der Waals surface area contributed by atoms with Crippen molar-refractivity contribution in [3.8, 4) is 5.75 Å². The molecule has 2 rings (SSSR count). The van der Waals surface area contributed by atoms with Gasteiger partial charge in [0, 0.05) is 5.69 Å². The Kier molecular flexibility index (Phi) is 7.15. The Labute approximate surface area is 176 Å². The lowest BCUT2D eigenvalue weighted by Gasteiger charge is -2.23. The minimum absolute atomic E-state index is 0.00305. The summed E-state index contributed by atoms with van der Waals surface area (Å²) >= 11 is 0. The first-order valence-electron chi connectivity index (χ1n) is 10.4. The lowest BCUT2D eigenvalue weighted by Crippen LogP contribution is -2.21. The standard InChI is InChI=1S/C26H37NO2/c1-18-9-11-22(19(2)13-18)27-24(28)17-29-23-12-10-20(15-25(3,4)5)14-21(23)16-26(6,7)8/h9-14H,15-17H2,1-8H3,(H,27,28). The van der Waals surface area contributed by atoms with Gasteiger partial charge < -0.3 is 10.1 Å². The Bertz CT molecular complexity index is 854. The minimum atomic E-state index is -0.141. The number of aryl methyl sites for hydroxylation is 2. The summed E-state index contributed by atoms with van der Waals surface area (Å²) in [4.78, 5) is 12.4. The first-order valence-corrected chi connectivity index (χ1v) is 10.4. The lowest BCUT2D eigenvalue weighted by molar-refractivity contribution is -0.118. The van der Waals surface area contributed by atoms with Gasteiger partial charge in [-0.1, -0.05) is 71.4 Å². The highest BCUT2D eigenvalue weighted by atomic mass is 16.5. The van der Waals surface area contributed by atoms with Crippen LogP contribution >= 0.6 is 0 Å². The fourth-order valence-electron chi connectivity index (χ4n) is 3.49. The van der Waals surface area contributed by atoms with Crippen molar-refractivity contribution < 1.29 is 9.53 Å². The molecule has 0 aliphatic rings. The third-order valence-corrected chi connectivity index (χ3v) is 4.59. The van der Waals surface area contributed by atoms with Crippen molar-refractivity contribution in [2.24, 2.45) is 10.8 Å². The van der Waals surface area contributed by atoms with Crippen LogP contribution in [0.2, 0.25) is 0 Å². The van der Waals surface area contributed by atoms with Crippen molar-refractivity contribution in [1.82, 2.24) is 0 Å². The Morgan fingerprint density at radius 2 is 1.55 bits per heavy atom. The maximum absolute atomic E-state index is 12.4. The van der Waals surface area contributed by atoms with E-state index in [-0.39, 0.29) is 23.3 Å². The number of hydrogen-bond acceptors (Lipinski definition) is 2. The van der Waals surface area contributed by atoms with Gasteiger partial charge in [0.05, 0.1) is 0 Å². The molecule has 2 aromatic carbocycles. The van der Waals surface area contributed by atoms with Crippen LogP contribution in [0.1, 0.15) is 63.8 Å². The molecule has 29 heavy (non-hydrogen) atoms. The van der Waals surface area contributed by atoms with Gasteiger partial charge in [-0.2, -0.15) is 0 Å². The van der Waals surface area contributed by atoms with E-state index in [9.17, 15) is 4.79 Å². The van der Waals surface area contributed by atoms with Gasteiger partial charge in [-0.3, -0.25) is 4.79 Å². The maximum Gasteiger partial charge on any atom is 0.262 e. The van der Waals surface area contributed by atoms with Crippen LogP contribution in [0.4, 0.5) is 5.69 Å². The first kappa shape index (κ1) is 23.0. The highest BCUT2D eigenvalue weighted by Crippen LogP contribution is 2.30. The first-order chi connectivity index (χ1) is 13.3. The van der Waals surface area contributed by atoms with Gasteiger partial charge in [-0.05, 0) is 66.3 Å². The van der Waals surface area contributed by atoms with Gasteiger partial charge in [0.15, 0.2) is 6.61 Å². The molecule has 0 aliphatic carbocycles. The number of carbonyl (C=O) groups is 1. The van der Waals surface area contributed by atoms with E-state index < -0.39 is 0 Å². The zero-order chi connectivity index (χ0) is 21.8. The largest absolute Gasteiger partial charge is 0.483 e. The maximum atomic E-state index is 12.4. The lowest BCUT2D eigenvalue weighted by atomic mass is 9.84. The molecule has 0 aliphatic heterocycles. The fourth-order valence-corrected chi connectivity index (χ4v) is 3.49. The van der Waals surface area contributed by atoms with Gasteiger partial charge in [0.25, 0.3) is 5.91 Å². The predicted octanol–water partition coefficient (Wildman–Crippen LogP) is 6.50. The minimum Gasteiger partial charge on any atom is -0.483 e. The molecule has 0 saturated heterocycles. The number of rotatable bonds is 6. The van der Waals surface area contributed by atoms with Crippen molar-refractivity contribution in [2.45, 2.75) is 68.2 Å². The summed E-state index contributed by atoms with van der Waals surface area (Å²) in [6, 6.07) is 12.4. The number of nitrogens with one attached hydrogen (secondary N) is 1. The zero-order valence-electron chi connectivity index (χ0n) is 19.4. The summed E-state index contributed by atoms with van der Waals surface area (Å²) < 4.78 is 5.95. The average molecular weight is 396 g/mol. The summed E-state index contributed by atoms with van der Waals surface area (Å²) in [6.07, 6.45) is 1.91. The molecule has 0 fully saturated rings. The second-order valence-electron chi connectivity index (χ2n) is 10.6. The van der Waals surface area contributed by atoms with E-state index in [1.807, 2.05) is 32.0 Å². The Morgan fingerprint density at radius 3 is 2.14 bits per heavy atom. The summed E-state index contributed by atoms with van der Waals surface area (Å²) in [5.74, 6) is 0.658. The van der Waals surface area contributed by atoms with Crippen LogP contribution in [0.5, 0.6) is 5.75 Å². The molecular weight excluding hydrogens is 358 g/mol. The molecule has 0 bridgehead atoms. The zero-order valence-corrected chi connectivity index (χ0v) is 19.4. The van der Waals surface area contributed by atoms with E-state index in [1.54, 1.807) is 0 Å². The van der Waals surface area contributed by atoms with Gasteiger partial charge >= 0.3 is 0 Å². The van der Waals surface area contributed by atoms with E-state index in [4.69, 9.17) is 4.74 Å². The van der Waals surface area contributed by atoms with Crippen LogP contribution in [0.3, 0.4) is 0 Å². The third-order valence-electron chi connectivity index (χ3n) is 4.59. The molecule has 0 aromatic heterocycles. The number of anilines is 1. The molecule has 2 aromatic rings.